The fourth-order valence-electron chi connectivity index (χ4n) is 1.69. The summed E-state index contributed by atoms with van der Waals surface area (Å²) < 4.78 is 0.821. The lowest BCUT2D eigenvalue weighted by molar-refractivity contribution is 0.318. The maximum absolute atomic E-state index is 8.63. The van der Waals surface area contributed by atoms with E-state index in [2.05, 4.69) is 26.1 Å². The Bertz CT molecular complexity index is 645. The number of hydrogen-bond donors (Lipinski definition) is 2. The van der Waals surface area contributed by atoms with Crippen LogP contribution in [0.5, 0.6) is 0 Å². The number of hydrogen-bond acceptors (Lipinski definition) is 4. The molecule has 0 aliphatic rings. The van der Waals surface area contributed by atoms with Gasteiger partial charge in [-0.2, -0.15) is 0 Å². The van der Waals surface area contributed by atoms with E-state index in [1.807, 2.05) is 24.1 Å². The average molecular weight is 356 g/mol. The van der Waals surface area contributed by atoms with Crippen molar-refractivity contribution in [1.82, 2.24) is 4.98 Å². The lowest BCUT2D eigenvalue weighted by atomic mass is 10.2. The van der Waals surface area contributed by atoms with Crippen LogP contribution in [0.2, 0.25) is 5.02 Å². The van der Waals surface area contributed by atoms with Crippen LogP contribution in [0.3, 0.4) is 0 Å². The summed E-state index contributed by atoms with van der Waals surface area (Å²) in [7, 11) is 1.86. The Balaban J connectivity index is 2.31. The Kier molecular flexibility index (Phi) is 4.46. The monoisotopic (exact) mass is 354 g/mol. The SMILES string of the molecule is CN(c1ccc(/C(N)=N/O)cc1)c1ncc(Br)cc1Cl. The molecule has 1 heterocycles. The maximum Gasteiger partial charge on any atom is 0.170 e. The minimum absolute atomic E-state index is 0.0685. The standard InChI is InChI=1S/C13H12BrClN4O/c1-19(13-11(15)6-9(14)7-17-13)10-4-2-8(3-5-10)12(16)18-20/h2-7,20H,1H3,(H2,16,18). The number of anilines is 2. The molecule has 0 aliphatic heterocycles. The van der Waals surface area contributed by atoms with Gasteiger partial charge in [0.25, 0.3) is 0 Å². The molecule has 5 nitrogen and oxygen atoms in total. The lowest BCUT2D eigenvalue weighted by Gasteiger charge is -2.19. The van der Waals surface area contributed by atoms with Crippen LogP contribution in [-0.2, 0) is 0 Å². The summed E-state index contributed by atoms with van der Waals surface area (Å²) in [6, 6.07) is 8.98. The first-order valence-electron chi connectivity index (χ1n) is 5.65. The molecule has 0 spiro atoms. The number of nitrogens with two attached hydrogens (primary N) is 1. The van der Waals surface area contributed by atoms with Gasteiger partial charge in [0.05, 0.1) is 5.02 Å². The fraction of sp³-hybridized carbons (Fsp3) is 0.0769. The summed E-state index contributed by atoms with van der Waals surface area (Å²) in [5.74, 6) is 0.713. The topological polar surface area (TPSA) is 74.7 Å². The molecule has 0 atom stereocenters. The number of halogens is 2. The molecular formula is C13H12BrClN4O. The molecular weight excluding hydrogens is 344 g/mol. The van der Waals surface area contributed by atoms with Gasteiger partial charge in [0.2, 0.25) is 0 Å². The van der Waals surface area contributed by atoms with Gasteiger partial charge in [-0.25, -0.2) is 4.98 Å². The van der Waals surface area contributed by atoms with E-state index in [4.69, 9.17) is 22.5 Å². The molecule has 0 unspecified atom stereocenters. The molecule has 0 amide bonds. The highest BCUT2D eigenvalue weighted by atomic mass is 79.9. The summed E-state index contributed by atoms with van der Waals surface area (Å²) in [4.78, 5) is 6.14. The van der Waals surface area contributed by atoms with Gasteiger partial charge in [-0.15, -0.1) is 0 Å². The number of rotatable bonds is 3. The van der Waals surface area contributed by atoms with Crippen molar-refractivity contribution in [2.24, 2.45) is 10.9 Å². The Morgan fingerprint density at radius 3 is 2.60 bits per heavy atom. The second-order valence-electron chi connectivity index (χ2n) is 4.05. The first-order chi connectivity index (χ1) is 9.52. The molecule has 20 heavy (non-hydrogen) atoms. The van der Waals surface area contributed by atoms with Crippen LogP contribution in [0.4, 0.5) is 11.5 Å². The highest BCUT2D eigenvalue weighted by Gasteiger charge is 2.10. The van der Waals surface area contributed by atoms with E-state index in [-0.39, 0.29) is 5.84 Å². The molecule has 0 fully saturated rings. The zero-order valence-electron chi connectivity index (χ0n) is 10.6. The zero-order chi connectivity index (χ0) is 14.7. The lowest BCUT2D eigenvalue weighted by Crippen LogP contribution is -2.14. The Labute approximate surface area is 129 Å². The number of benzene rings is 1. The molecule has 0 bridgehead atoms. The highest BCUT2D eigenvalue weighted by Crippen LogP contribution is 2.30. The number of pyridine rings is 1. The normalized spacial score (nSPS) is 11.4. The Morgan fingerprint density at radius 1 is 1.40 bits per heavy atom. The quantitative estimate of drug-likeness (QED) is 0.383. The largest absolute Gasteiger partial charge is 0.409 e. The van der Waals surface area contributed by atoms with Crippen LogP contribution in [0.1, 0.15) is 5.56 Å². The van der Waals surface area contributed by atoms with Gasteiger partial charge >= 0.3 is 0 Å². The van der Waals surface area contributed by atoms with E-state index in [1.54, 1.807) is 24.4 Å². The molecule has 104 valence electrons. The predicted octanol–water partition coefficient (Wildman–Crippen LogP) is 3.36. The summed E-state index contributed by atoms with van der Waals surface area (Å²) in [5.41, 5.74) is 7.04. The summed E-state index contributed by atoms with van der Waals surface area (Å²) in [5, 5.41) is 12.1. The number of oxime groups is 1. The van der Waals surface area contributed by atoms with Crippen molar-refractivity contribution < 1.29 is 5.21 Å². The summed E-state index contributed by atoms with van der Waals surface area (Å²) in [6.45, 7) is 0. The van der Waals surface area contributed by atoms with E-state index >= 15 is 0 Å². The maximum atomic E-state index is 8.63. The second kappa shape index (κ2) is 6.11. The first kappa shape index (κ1) is 14.6. The predicted molar refractivity (Wildman–Crippen MR) is 84.0 cm³/mol. The van der Waals surface area contributed by atoms with Crippen molar-refractivity contribution in [3.63, 3.8) is 0 Å². The van der Waals surface area contributed by atoms with Gasteiger partial charge in [0, 0.05) is 29.0 Å². The zero-order valence-corrected chi connectivity index (χ0v) is 12.9. The highest BCUT2D eigenvalue weighted by molar-refractivity contribution is 9.10. The van der Waals surface area contributed by atoms with Crippen molar-refractivity contribution in [3.05, 3.63) is 51.6 Å². The van der Waals surface area contributed by atoms with E-state index in [0.717, 1.165) is 10.2 Å². The molecule has 0 saturated carbocycles. The summed E-state index contributed by atoms with van der Waals surface area (Å²) in [6.07, 6.45) is 1.68. The van der Waals surface area contributed by atoms with Crippen LogP contribution in [0.25, 0.3) is 0 Å². The van der Waals surface area contributed by atoms with Crippen molar-refractivity contribution in [3.8, 4) is 0 Å². The molecule has 2 aromatic rings. The third kappa shape index (κ3) is 3.02. The van der Waals surface area contributed by atoms with Gasteiger partial charge in [-0.3, -0.25) is 0 Å². The molecule has 1 aromatic heterocycles. The van der Waals surface area contributed by atoms with Crippen LogP contribution < -0.4 is 10.6 Å². The molecule has 7 heteroatoms. The third-order valence-corrected chi connectivity index (χ3v) is 3.48. The average Bonchev–Trinajstić information content (AvgIpc) is 2.46. The summed E-state index contributed by atoms with van der Waals surface area (Å²) >= 11 is 9.49. The molecule has 2 rings (SSSR count). The van der Waals surface area contributed by atoms with Crippen LogP contribution in [-0.4, -0.2) is 23.1 Å². The number of amidine groups is 1. The molecule has 0 aliphatic carbocycles. The fourth-order valence-corrected chi connectivity index (χ4v) is 2.45. The van der Waals surface area contributed by atoms with Crippen molar-refractivity contribution in [1.29, 1.82) is 0 Å². The van der Waals surface area contributed by atoms with Crippen molar-refractivity contribution in [2.45, 2.75) is 0 Å². The molecule has 0 radical (unpaired) electrons. The second-order valence-corrected chi connectivity index (χ2v) is 5.37. The Morgan fingerprint density at radius 2 is 2.05 bits per heavy atom. The minimum Gasteiger partial charge on any atom is -0.409 e. The number of aromatic nitrogens is 1. The van der Waals surface area contributed by atoms with Crippen LogP contribution in [0.15, 0.2) is 46.2 Å². The van der Waals surface area contributed by atoms with Crippen LogP contribution >= 0.6 is 27.5 Å². The van der Waals surface area contributed by atoms with Gasteiger partial charge < -0.3 is 15.8 Å². The number of nitrogens with zero attached hydrogens (tertiary/aromatic N) is 3. The first-order valence-corrected chi connectivity index (χ1v) is 6.82. The smallest absolute Gasteiger partial charge is 0.170 e. The molecule has 0 saturated heterocycles. The van der Waals surface area contributed by atoms with E-state index in [9.17, 15) is 0 Å². The van der Waals surface area contributed by atoms with E-state index < -0.39 is 0 Å². The van der Waals surface area contributed by atoms with Crippen LogP contribution in [0, 0.1) is 0 Å². The van der Waals surface area contributed by atoms with Gasteiger partial charge in [0.15, 0.2) is 11.7 Å². The van der Waals surface area contributed by atoms with Gasteiger partial charge in [-0.1, -0.05) is 16.8 Å². The van der Waals surface area contributed by atoms with Crippen molar-refractivity contribution in [2.75, 3.05) is 11.9 Å². The Hall–Kier alpha value is -1.79. The molecule has 1 aromatic carbocycles. The minimum atomic E-state index is 0.0685. The molecule has 3 N–H and O–H groups in total. The van der Waals surface area contributed by atoms with Gasteiger partial charge in [-0.05, 0) is 46.3 Å². The van der Waals surface area contributed by atoms with Crippen molar-refractivity contribution >= 4 is 44.9 Å². The van der Waals surface area contributed by atoms with E-state index in [1.165, 1.54) is 0 Å². The van der Waals surface area contributed by atoms with Gasteiger partial charge in [0.1, 0.15) is 0 Å². The van der Waals surface area contributed by atoms with E-state index in [0.29, 0.717) is 16.4 Å². The third-order valence-electron chi connectivity index (χ3n) is 2.76.